The second-order valence-corrected chi connectivity index (χ2v) is 4.68. The third-order valence-electron chi connectivity index (χ3n) is 2.67. The summed E-state index contributed by atoms with van der Waals surface area (Å²) in [4.78, 5) is 11.3. The summed E-state index contributed by atoms with van der Waals surface area (Å²) < 4.78 is 4.62. The fraction of sp³-hybridized carbons (Fsp3) is 0.417. The molecule has 0 bridgehead atoms. The molecule has 0 amide bonds. The van der Waals surface area contributed by atoms with Gasteiger partial charge in [-0.1, -0.05) is 31.5 Å². The van der Waals surface area contributed by atoms with E-state index in [0.717, 1.165) is 5.56 Å². The van der Waals surface area contributed by atoms with Gasteiger partial charge in [0.15, 0.2) is 0 Å². The van der Waals surface area contributed by atoms with E-state index in [4.69, 9.17) is 17.3 Å². The predicted octanol–water partition coefficient (Wildman–Crippen LogP) is 2.36. The molecule has 0 atom stereocenters. The molecule has 0 heterocycles. The van der Waals surface area contributed by atoms with E-state index in [1.807, 2.05) is 19.9 Å². The third-order valence-corrected chi connectivity index (χ3v) is 2.98. The number of halogens is 1. The maximum absolute atomic E-state index is 11.3. The van der Waals surface area contributed by atoms with Crippen molar-refractivity contribution >= 4 is 17.6 Å². The van der Waals surface area contributed by atoms with Crippen molar-refractivity contribution in [2.45, 2.75) is 19.3 Å². The lowest BCUT2D eigenvalue weighted by Gasteiger charge is -2.23. The number of benzene rings is 1. The minimum absolute atomic E-state index is 0.154. The predicted molar refractivity (Wildman–Crippen MR) is 64.9 cm³/mol. The van der Waals surface area contributed by atoms with Crippen molar-refractivity contribution in [2.24, 2.45) is 5.73 Å². The van der Waals surface area contributed by atoms with Crippen LogP contribution in [0, 0.1) is 0 Å². The highest BCUT2D eigenvalue weighted by molar-refractivity contribution is 6.33. The quantitative estimate of drug-likeness (QED) is 0.827. The molecule has 3 nitrogen and oxygen atoms in total. The van der Waals surface area contributed by atoms with E-state index in [-0.39, 0.29) is 5.41 Å². The Hall–Kier alpha value is -1.06. The van der Waals surface area contributed by atoms with Crippen LogP contribution in [0.25, 0.3) is 0 Å². The monoisotopic (exact) mass is 241 g/mol. The van der Waals surface area contributed by atoms with Crippen molar-refractivity contribution in [1.29, 1.82) is 0 Å². The number of methoxy groups -OCH3 is 1. The summed E-state index contributed by atoms with van der Waals surface area (Å²) in [6, 6.07) is 5.28. The molecule has 4 heteroatoms. The smallest absolute Gasteiger partial charge is 0.339 e. The van der Waals surface area contributed by atoms with Crippen LogP contribution < -0.4 is 5.73 Å². The SMILES string of the molecule is COC(=O)c1ccc(C(C)(C)CN)cc1Cl. The number of rotatable bonds is 3. The van der Waals surface area contributed by atoms with E-state index in [9.17, 15) is 4.79 Å². The molecule has 2 N–H and O–H groups in total. The van der Waals surface area contributed by atoms with Crippen LogP contribution in [-0.2, 0) is 10.2 Å². The molecule has 1 aromatic rings. The molecule has 0 aliphatic heterocycles. The summed E-state index contributed by atoms with van der Waals surface area (Å²) in [6.07, 6.45) is 0. The maximum atomic E-state index is 11.3. The summed E-state index contributed by atoms with van der Waals surface area (Å²) in [6.45, 7) is 4.56. The molecule has 0 aromatic heterocycles. The topological polar surface area (TPSA) is 52.3 Å². The summed E-state index contributed by atoms with van der Waals surface area (Å²) >= 11 is 6.02. The van der Waals surface area contributed by atoms with E-state index in [0.29, 0.717) is 17.1 Å². The van der Waals surface area contributed by atoms with E-state index >= 15 is 0 Å². The Morgan fingerprint density at radius 1 is 1.50 bits per heavy atom. The lowest BCUT2D eigenvalue weighted by Crippen LogP contribution is -2.28. The second-order valence-electron chi connectivity index (χ2n) is 4.27. The molecule has 16 heavy (non-hydrogen) atoms. The summed E-state index contributed by atoms with van der Waals surface area (Å²) in [5, 5.41) is 0.394. The van der Waals surface area contributed by atoms with Crippen molar-refractivity contribution in [3.05, 3.63) is 34.3 Å². The molecule has 0 aliphatic rings. The molecule has 0 saturated carbocycles. The minimum Gasteiger partial charge on any atom is -0.465 e. The first-order valence-electron chi connectivity index (χ1n) is 5.01. The van der Waals surface area contributed by atoms with Crippen molar-refractivity contribution in [3.8, 4) is 0 Å². The Bertz CT molecular complexity index is 402. The number of hydrogen-bond donors (Lipinski definition) is 1. The number of carbonyl (C=O) groups is 1. The summed E-state index contributed by atoms with van der Waals surface area (Å²) in [5.74, 6) is -0.429. The molecule has 1 rings (SSSR count). The highest BCUT2D eigenvalue weighted by atomic mass is 35.5. The van der Waals surface area contributed by atoms with Gasteiger partial charge in [-0.3, -0.25) is 0 Å². The average Bonchev–Trinajstić information content (AvgIpc) is 2.28. The lowest BCUT2D eigenvalue weighted by atomic mass is 9.84. The fourth-order valence-corrected chi connectivity index (χ4v) is 1.59. The Balaban J connectivity index is 3.14. The first kappa shape index (κ1) is 13.0. The number of nitrogens with two attached hydrogens (primary N) is 1. The van der Waals surface area contributed by atoms with Crippen LogP contribution >= 0.6 is 11.6 Å². The van der Waals surface area contributed by atoms with Gasteiger partial charge in [0.25, 0.3) is 0 Å². The lowest BCUT2D eigenvalue weighted by molar-refractivity contribution is 0.0601. The van der Waals surface area contributed by atoms with Crippen LogP contribution in [0.15, 0.2) is 18.2 Å². The van der Waals surface area contributed by atoms with Gasteiger partial charge in [-0.15, -0.1) is 0 Å². The first-order chi connectivity index (χ1) is 7.42. The Morgan fingerprint density at radius 3 is 2.56 bits per heavy atom. The van der Waals surface area contributed by atoms with Gasteiger partial charge in [0.1, 0.15) is 0 Å². The van der Waals surface area contributed by atoms with Gasteiger partial charge in [0, 0.05) is 12.0 Å². The van der Waals surface area contributed by atoms with Gasteiger partial charge in [-0.2, -0.15) is 0 Å². The van der Waals surface area contributed by atoms with Gasteiger partial charge >= 0.3 is 5.97 Å². The van der Waals surface area contributed by atoms with Crippen molar-refractivity contribution in [1.82, 2.24) is 0 Å². The Labute approximate surface area is 101 Å². The Morgan fingerprint density at radius 2 is 2.12 bits per heavy atom. The molecule has 0 saturated heterocycles. The highest BCUT2D eigenvalue weighted by Gasteiger charge is 2.20. The van der Waals surface area contributed by atoms with E-state index in [1.54, 1.807) is 12.1 Å². The third kappa shape index (κ3) is 2.54. The molecule has 0 unspecified atom stereocenters. The van der Waals surface area contributed by atoms with Gasteiger partial charge in [-0.25, -0.2) is 4.79 Å². The van der Waals surface area contributed by atoms with Crippen molar-refractivity contribution in [2.75, 3.05) is 13.7 Å². The van der Waals surface area contributed by atoms with Crippen LogP contribution in [0.4, 0.5) is 0 Å². The van der Waals surface area contributed by atoms with Gasteiger partial charge in [-0.05, 0) is 17.7 Å². The zero-order valence-corrected chi connectivity index (χ0v) is 10.5. The highest BCUT2D eigenvalue weighted by Crippen LogP contribution is 2.27. The number of hydrogen-bond acceptors (Lipinski definition) is 3. The van der Waals surface area contributed by atoms with Gasteiger partial charge < -0.3 is 10.5 Å². The Kier molecular flexibility index (Phi) is 3.94. The molecule has 1 aromatic carbocycles. The first-order valence-corrected chi connectivity index (χ1v) is 5.38. The zero-order chi connectivity index (χ0) is 12.3. The number of carbonyl (C=O) groups excluding carboxylic acids is 1. The summed E-state index contributed by atoms with van der Waals surface area (Å²) in [7, 11) is 1.33. The van der Waals surface area contributed by atoms with E-state index in [1.165, 1.54) is 7.11 Å². The van der Waals surface area contributed by atoms with Crippen LogP contribution in [0.3, 0.4) is 0 Å². The molecule has 0 spiro atoms. The zero-order valence-electron chi connectivity index (χ0n) is 9.71. The summed E-state index contributed by atoms with van der Waals surface area (Å²) in [5.41, 5.74) is 6.91. The number of ether oxygens (including phenoxy) is 1. The van der Waals surface area contributed by atoms with Crippen LogP contribution in [0.1, 0.15) is 29.8 Å². The second kappa shape index (κ2) is 4.85. The van der Waals surface area contributed by atoms with Gasteiger partial charge in [0.05, 0.1) is 17.7 Å². The molecular formula is C12H16ClNO2. The van der Waals surface area contributed by atoms with Gasteiger partial charge in [0.2, 0.25) is 0 Å². The molecule has 0 aliphatic carbocycles. The largest absolute Gasteiger partial charge is 0.465 e. The minimum atomic E-state index is -0.429. The van der Waals surface area contributed by atoms with Crippen LogP contribution in [0.5, 0.6) is 0 Å². The van der Waals surface area contributed by atoms with Crippen molar-refractivity contribution in [3.63, 3.8) is 0 Å². The molecule has 88 valence electrons. The molecule has 0 radical (unpaired) electrons. The standard InChI is InChI=1S/C12H16ClNO2/c1-12(2,7-14)8-4-5-9(10(13)6-8)11(15)16-3/h4-6H,7,14H2,1-3H3. The van der Waals surface area contributed by atoms with Crippen LogP contribution in [0.2, 0.25) is 5.02 Å². The number of esters is 1. The van der Waals surface area contributed by atoms with E-state index in [2.05, 4.69) is 4.74 Å². The van der Waals surface area contributed by atoms with E-state index < -0.39 is 5.97 Å². The molecule has 0 fully saturated rings. The normalized spacial score (nSPS) is 11.3. The maximum Gasteiger partial charge on any atom is 0.339 e. The fourth-order valence-electron chi connectivity index (χ4n) is 1.33. The van der Waals surface area contributed by atoms with Crippen LogP contribution in [-0.4, -0.2) is 19.6 Å². The molecular weight excluding hydrogens is 226 g/mol. The average molecular weight is 242 g/mol. The van der Waals surface area contributed by atoms with Crippen molar-refractivity contribution < 1.29 is 9.53 Å².